The zero-order valence-electron chi connectivity index (χ0n) is 15.3. The molecule has 8 heteroatoms. The van der Waals surface area contributed by atoms with Gasteiger partial charge in [0.15, 0.2) is 6.61 Å². The maximum atomic E-state index is 11.7. The first-order valence-electron chi connectivity index (χ1n) is 8.50. The second kappa shape index (κ2) is 10.5. The molecule has 28 heavy (non-hydrogen) atoms. The SMILES string of the molecule is Cc1cccc(OCCNC(=O)COC(=O)/C=C/c2ccccc2[N+](=O)[O-])c1. The summed E-state index contributed by atoms with van der Waals surface area (Å²) in [4.78, 5) is 33.7. The molecule has 0 saturated carbocycles. The number of carbonyl (C=O) groups excluding carboxylic acids is 2. The van der Waals surface area contributed by atoms with Gasteiger partial charge in [0.05, 0.1) is 17.0 Å². The van der Waals surface area contributed by atoms with E-state index in [9.17, 15) is 19.7 Å². The maximum absolute atomic E-state index is 11.7. The average Bonchev–Trinajstić information content (AvgIpc) is 2.68. The predicted molar refractivity (Wildman–Crippen MR) is 103 cm³/mol. The van der Waals surface area contributed by atoms with Gasteiger partial charge in [0, 0.05) is 12.1 Å². The Morgan fingerprint density at radius 2 is 1.96 bits per heavy atom. The minimum Gasteiger partial charge on any atom is -0.492 e. The number of rotatable bonds is 9. The van der Waals surface area contributed by atoms with Gasteiger partial charge < -0.3 is 14.8 Å². The van der Waals surface area contributed by atoms with Crippen molar-refractivity contribution in [3.8, 4) is 5.75 Å². The number of para-hydroxylation sites is 1. The monoisotopic (exact) mass is 384 g/mol. The highest BCUT2D eigenvalue weighted by atomic mass is 16.6. The van der Waals surface area contributed by atoms with Crippen molar-refractivity contribution in [2.45, 2.75) is 6.92 Å². The van der Waals surface area contributed by atoms with Gasteiger partial charge in [0.1, 0.15) is 12.4 Å². The van der Waals surface area contributed by atoms with Crippen molar-refractivity contribution in [1.29, 1.82) is 0 Å². The Morgan fingerprint density at radius 3 is 2.71 bits per heavy atom. The van der Waals surface area contributed by atoms with Gasteiger partial charge in [-0.1, -0.05) is 24.3 Å². The van der Waals surface area contributed by atoms with E-state index in [4.69, 9.17) is 9.47 Å². The fraction of sp³-hybridized carbons (Fsp3) is 0.200. The Bertz CT molecular complexity index is 879. The molecule has 0 atom stereocenters. The minimum absolute atomic E-state index is 0.127. The van der Waals surface area contributed by atoms with E-state index in [1.807, 2.05) is 31.2 Å². The lowest BCUT2D eigenvalue weighted by Crippen LogP contribution is -2.31. The number of nitro benzene ring substituents is 1. The summed E-state index contributed by atoms with van der Waals surface area (Å²) in [7, 11) is 0. The van der Waals surface area contributed by atoms with E-state index < -0.39 is 23.4 Å². The summed E-state index contributed by atoms with van der Waals surface area (Å²) in [5, 5.41) is 13.5. The summed E-state index contributed by atoms with van der Waals surface area (Å²) < 4.78 is 10.3. The summed E-state index contributed by atoms with van der Waals surface area (Å²) in [5.74, 6) is -0.537. The lowest BCUT2D eigenvalue weighted by atomic mass is 10.1. The van der Waals surface area contributed by atoms with Gasteiger partial charge in [0.25, 0.3) is 11.6 Å². The van der Waals surface area contributed by atoms with Crippen LogP contribution in [0.4, 0.5) is 5.69 Å². The normalized spacial score (nSPS) is 10.5. The minimum atomic E-state index is -0.774. The predicted octanol–water partition coefficient (Wildman–Crippen LogP) is 2.65. The third kappa shape index (κ3) is 6.91. The van der Waals surface area contributed by atoms with Crippen LogP contribution >= 0.6 is 0 Å². The smallest absolute Gasteiger partial charge is 0.331 e. The second-order valence-corrected chi connectivity index (χ2v) is 5.77. The standard InChI is InChI=1S/C20H20N2O6/c1-15-5-4-7-17(13-15)27-12-11-21-19(23)14-28-20(24)10-9-16-6-2-3-8-18(16)22(25)26/h2-10,13H,11-12,14H2,1H3,(H,21,23)/b10-9+. The topological polar surface area (TPSA) is 108 Å². The molecule has 2 rings (SSSR count). The Labute approximate surface area is 161 Å². The molecule has 2 aromatic rings. The van der Waals surface area contributed by atoms with Gasteiger partial charge in [0.2, 0.25) is 0 Å². The summed E-state index contributed by atoms with van der Waals surface area (Å²) in [6, 6.07) is 13.5. The molecule has 0 radical (unpaired) electrons. The number of ether oxygens (including phenoxy) is 2. The number of hydrogen-bond acceptors (Lipinski definition) is 6. The number of nitrogens with zero attached hydrogens (tertiary/aromatic N) is 1. The van der Waals surface area contributed by atoms with Crippen LogP contribution in [0.5, 0.6) is 5.75 Å². The Balaban J connectivity index is 1.69. The summed E-state index contributed by atoms with van der Waals surface area (Å²) in [6.07, 6.45) is 2.31. The molecule has 1 N–H and O–H groups in total. The molecular formula is C20H20N2O6. The first kappa shape index (κ1) is 20.6. The maximum Gasteiger partial charge on any atom is 0.331 e. The second-order valence-electron chi connectivity index (χ2n) is 5.77. The Kier molecular flexibility index (Phi) is 7.71. The van der Waals surface area contributed by atoms with E-state index in [0.717, 1.165) is 11.6 Å². The van der Waals surface area contributed by atoms with Gasteiger partial charge in [-0.05, 0) is 36.8 Å². The van der Waals surface area contributed by atoms with E-state index in [2.05, 4.69) is 5.32 Å². The van der Waals surface area contributed by atoms with Crippen LogP contribution in [0.1, 0.15) is 11.1 Å². The van der Waals surface area contributed by atoms with Crippen molar-refractivity contribution in [3.05, 3.63) is 75.8 Å². The van der Waals surface area contributed by atoms with Crippen molar-refractivity contribution >= 4 is 23.6 Å². The van der Waals surface area contributed by atoms with Crippen LogP contribution in [-0.4, -0.2) is 36.6 Å². The molecule has 2 aromatic carbocycles. The van der Waals surface area contributed by atoms with E-state index in [-0.39, 0.29) is 24.4 Å². The van der Waals surface area contributed by atoms with Crippen LogP contribution in [0.25, 0.3) is 6.08 Å². The quantitative estimate of drug-likeness (QED) is 0.234. The van der Waals surface area contributed by atoms with Gasteiger partial charge in [-0.25, -0.2) is 4.79 Å². The molecule has 8 nitrogen and oxygen atoms in total. The van der Waals surface area contributed by atoms with Gasteiger partial charge >= 0.3 is 5.97 Å². The molecule has 0 spiro atoms. The molecule has 0 aliphatic rings. The lowest BCUT2D eigenvalue weighted by molar-refractivity contribution is -0.385. The van der Waals surface area contributed by atoms with Crippen LogP contribution < -0.4 is 10.1 Å². The molecule has 0 unspecified atom stereocenters. The number of nitro groups is 1. The van der Waals surface area contributed by atoms with Crippen molar-refractivity contribution in [2.75, 3.05) is 19.8 Å². The third-order valence-electron chi connectivity index (χ3n) is 3.56. The number of nitrogens with one attached hydrogen (secondary N) is 1. The number of hydrogen-bond donors (Lipinski definition) is 1. The molecule has 0 fully saturated rings. The molecular weight excluding hydrogens is 364 g/mol. The summed E-state index contributed by atoms with van der Waals surface area (Å²) in [6.45, 7) is 2.04. The van der Waals surface area contributed by atoms with Crippen LogP contribution in [0.15, 0.2) is 54.6 Å². The number of carbonyl (C=O) groups is 2. The first-order valence-corrected chi connectivity index (χ1v) is 8.50. The highest BCUT2D eigenvalue weighted by Crippen LogP contribution is 2.18. The third-order valence-corrected chi connectivity index (χ3v) is 3.56. The molecule has 0 heterocycles. The highest BCUT2D eigenvalue weighted by Gasteiger charge is 2.10. The summed E-state index contributed by atoms with van der Waals surface area (Å²) in [5.41, 5.74) is 1.21. The number of benzene rings is 2. The van der Waals surface area contributed by atoms with Crippen molar-refractivity contribution < 1.29 is 24.0 Å². The van der Waals surface area contributed by atoms with Crippen molar-refractivity contribution in [3.63, 3.8) is 0 Å². The number of aryl methyl sites for hydroxylation is 1. The van der Waals surface area contributed by atoms with Crippen molar-refractivity contribution in [2.24, 2.45) is 0 Å². The van der Waals surface area contributed by atoms with E-state index in [0.29, 0.717) is 5.75 Å². The molecule has 0 saturated heterocycles. The molecule has 1 amide bonds. The van der Waals surface area contributed by atoms with Crippen molar-refractivity contribution in [1.82, 2.24) is 5.32 Å². The largest absolute Gasteiger partial charge is 0.492 e. The zero-order chi connectivity index (χ0) is 20.4. The molecule has 0 aliphatic carbocycles. The van der Waals surface area contributed by atoms with Crippen LogP contribution in [-0.2, 0) is 14.3 Å². The van der Waals surface area contributed by atoms with E-state index in [1.54, 1.807) is 6.07 Å². The van der Waals surface area contributed by atoms with Gasteiger partial charge in [-0.15, -0.1) is 0 Å². The van der Waals surface area contributed by atoms with Gasteiger partial charge in [-0.3, -0.25) is 14.9 Å². The fourth-order valence-electron chi connectivity index (χ4n) is 2.25. The molecule has 0 aromatic heterocycles. The summed E-state index contributed by atoms with van der Waals surface area (Å²) >= 11 is 0. The van der Waals surface area contributed by atoms with Crippen LogP contribution in [0.2, 0.25) is 0 Å². The van der Waals surface area contributed by atoms with Crippen LogP contribution in [0, 0.1) is 17.0 Å². The average molecular weight is 384 g/mol. The lowest BCUT2D eigenvalue weighted by Gasteiger charge is -2.08. The first-order chi connectivity index (χ1) is 13.5. The Hall–Kier alpha value is -3.68. The Morgan fingerprint density at radius 1 is 1.18 bits per heavy atom. The fourth-order valence-corrected chi connectivity index (χ4v) is 2.25. The van der Waals surface area contributed by atoms with Gasteiger partial charge in [-0.2, -0.15) is 0 Å². The number of amides is 1. The molecule has 146 valence electrons. The number of esters is 1. The van der Waals surface area contributed by atoms with Crippen LogP contribution in [0.3, 0.4) is 0 Å². The molecule has 0 bridgehead atoms. The van der Waals surface area contributed by atoms with E-state index >= 15 is 0 Å². The van der Waals surface area contributed by atoms with E-state index in [1.165, 1.54) is 24.3 Å². The highest BCUT2D eigenvalue weighted by molar-refractivity contribution is 5.89. The molecule has 0 aliphatic heterocycles. The zero-order valence-corrected chi connectivity index (χ0v) is 15.3.